The van der Waals surface area contributed by atoms with Crippen LogP contribution >= 0.6 is 0 Å². The normalized spacial score (nSPS) is 10.0. The topological polar surface area (TPSA) is 38.3 Å². The summed E-state index contributed by atoms with van der Waals surface area (Å²) in [5, 5.41) is 2.86. The lowest BCUT2D eigenvalue weighted by atomic mass is 10.1. The standard InChI is InChI=1S/C13H19NO2/c1-5-12(15)14-8-11-7-9(2)6-10(3)13(11)16-4/h6-7H,5,8H2,1-4H3,(H,14,15). The number of aryl methyl sites for hydroxylation is 2. The summed E-state index contributed by atoms with van der Waals surface area (Å²) < 4.78 is 5.35. The van der Waals surface area contributed by atoms with E-state index in [2.05, 4.69) is 11.4 Å². The predicted molar refractivity (Wildman–Crippen MR) is 64.6 cm³/mol. The van der Waals surface area contributed by atoms with Gasteiger partial charge in [0, 0.05) is 18.5 Å². The summed E-state index contributed by atoms with van der Waals surface area (Å²) >= 11 is 0. The van der Waals surface area contributed by atoms with E-state index in [-0.39, 0.29) is 5.91 Å². The number of benzene rings is 1. The number of amides is 1. The third kappa shape index (κ3) is 2.99. The minimum atomic E-state index is 0.0567. The van der Waals surface area contributed by atoms with Crippen LogP contribution in [0.25, 0.3) is 0 Å². The van der Waals surface area contributed by atoms with E-state index >= 15 is 0 Å². The van der Waals surface area contributed by atoms with Crippen LogP contribution in [0.15, 0.2) is 12.1 Å². The molecule has 0 radical (unpaired) electrons. The largest absolute Gasteiger partial charge is 0.496 e. The molecule has 0 bridgehead atoms. The van der Waals surface area contributed by atoms with Crippen molar-refractivity contribution in [3.05, 3.63) is 28.8 Å². The van der Waals surface area contributed by atoms with Crippen LogP contribution in [-0.4, -0.2) is 13.0 Å². The quantitative estimate of drug-likeness (QED) is 0.847. The van der Waals surface area contributed by atoms with Gasteiger partial charge in [-0.25, -0.2) is 0 Å². The van der Waals surface area contributed by atoms with Crippen LogP contribution in [0.1, 0.15) is 30.0 Å². The Kier molecular flexibility index (Phi) is 4.35. The summed E-state index contributed by atoms with van der Waals surface area (Å²) in [5.74, 6) is 0.920. The van der Waals surface area contributed by atoms with Gasteiger partial charge in [0.15, 0.2) is 0 Å². The number of carbonyl (C=O) groups excluding carboxylic acids is 1. The Morgan fingerprint density at radius 2 is 2.06 bits per heavy atom. The minimum Gasteiger partial charge on any atom is -0.496 e. The summed E-state index contributed by atoms with van der Waals surface area (Å²) in [6, 6.07) is 4.12. The van der Waals surface area contributed by atoms with E-state index in [0.717, 1.165) is 16.9 Å². The van der Waals surface area contributed by atoms with Crippen molar-refractivity contribution in [1.82, 2.24) is 5.32 Å². The number of nitrogens with one attached hydrogen (secondary N) is 1. The van der Waals surface area contributed by atoms with Crippen molar-refractivity contribution in [3.8, 4) is 5.75 Å². The van der Waals surface area contributed by atoms with E-state index in [0.29, 0.717) is 13.0 Å². The first-order valence-corrected chi connectivity index (χ1v) is 5.49. The number of carbonyl (C=O) groups is 1. The molecule has 1 N–H and O–H groups in total. The zero-order valence-corrected chi connectivity index (χ0v) is 10.4. The maximum Gasteiger partial charge on any atom is 0.219 e. The number of rotatable bonds is 4. The summed E-state index contributed by atoms with van der Waals surface area (Å²) in [4.78, 5) is 11.2. The fourth-order valence-corrected chi connectivity index (χ4v) is 1.78. The lowest BCUT2D eigenvalue weighted by Gasteiger charge is -2.13. The van der Waals surface area contributed by atoms with Crippen LogP contribution in [0.3, 0.4) is 0 Å². The molecule has 0 atom stereocenters. The number of hydrogen-bond acceptors (Lipinski definition) is 2. The Morgan fingerprint density at radius 3 is 2.62 bits per heavy atom. The lowest BCUT2D eigenvalue weighted by Crippen LogP contribution is -2.21. The molecule has 3 nitrogen and oxygen atoms in total. The summed E-state index contributed by atoms with van der Waals surface area (Å²) in [6.07, 6.45) is 0.507. The van der Waals surface area contributed by atoms with Crippen molar-refractivity contribution < 1.29 is 9.53 Å². The summed E-state index contributed by atoms with van der Waals surface area (Å²) in [7, 11) is 1.66. The van der Waals surface area contributed by atoms with Gasteiger partial charge < -0.3 is 10.1 Å². The highest BCUT2D eigenvalue weighted by Gasteiger charge is 2.08. The summed E-state index contributed by atoms with van der Waals surface area (Å²) in [6.45, 7) is 6.42. The number of hydrogen-bond donors (Lipinski definition) is 1. The van der Waals surface area contributed by atoms with Crippen LogP contribution in [-0.2, 0) is 11.3 Å². The molecule has 1 amide bonds. The number of methoxy groups -OCH3 is 1. The molecule has 0 unspecified atom stereocenters. The molecule has 0 aromatic heterocycles. The molecule has 1 aromatic carbocycles. The molecule has 1 aromatic rings. The molecule has 0 spiro atoms. The molecule has 0 aliphatic carbocycles. The van der Waals surface area contributed by atoms with Crippen molar-refractivity contribution in [2.45, 2.75) is 33.7 Å². The number of ether oxygens (including phenoxy) is 1. The first-order valence-electron chi connectivity index (χ1n) is 5.49. The van der Waals surface area contributed by atoms with Gasteiger partial charge >= 0.3 is 0 Å². The van der Waals surface area contributed by atoms with Crippen molar-refractivity contribution in [2.24, 2.45) is 0 Å². The van der Waals surface area contributed by atoms with E-state index in [9.17, 15) is 4.79 Å². The fraction of sp³-hybridized carbons (Fsp3) is 0.462. The lowest BCUT2D eigenvalue weighted by molar-refractivity contribution is -0.120. The van der Waals surface area contributed by atoms with Crippen LogP contribution < -0.4 is 10.1 Å². The van der Waals surface area contributed by atoms with Crippen molar-refractivity contribution in [1.29, 1.82) is 0 Å². The minimum absolute atomic E-state index is 0.0567. The zero-order chi connectivity index (χ0) is 12.1. The molecule has 0 fully saturated rings. The highest BCUT2D eigenvalue weighted by Crippen LogP contribution is 2.24. The maximum atomic E-state index is 11.2. The van der Waals surface area contributed by atoms with Crippen LogP contribution in [0.2, 0.25) is 0 Å². The van der Waals surface area contributed by atoms with E-state index < -0.39 is 0 Å². The molecule has 0 saturated heterocycles. The van der Waals surface area contributed by atoms with Crippen LogP contribution in [0.5, 0.6) is 5.75 Å². The third-order valence-corrected chi connectivity index (χ3v) is 2.50. The van der Waals surface area contributed by atoms with Gasteiger partial charge in [-0.1, -0.05) is 24.6 Å². The Labute approximate surface area is 96.8 Å². The van der Waals surface area contributed by atoms with Gasteiger partial charge in [-0.15, -0.1) is 0 Å². The predicted octanol–water partition coefficient (Wildman–Crippen LogP) is 2.34. The first-order chi connectivity index (χ1) is 7.58. The Bertz CT molecular complexity index is 386. The van der Waals surface area contributed by atoms with Crippen molar-refractivity contribution >= 4 is 5.91 Å². The van der Waals surface area contributed by atoms with Crippen LogP contribution in [0, 0.1) is 13.8 Å². The van der Waals surface area contributed by atoms with Gasteiger partial charge in [0.2, 0.25) is 5.91 Å². The molecule has 16 heavy (non-hydrogen) atoms. The molecule has 0 aliphatic heterocycles. The molecule has 88 valence electrons. The SMILES string of the molecule is CCC(=O)NCc1cc(C)cc(C)c1OC. The molecule has 1 rings (SSSR count). The molecule has 0 heterocycles. The zero-order valence-electron chi connectivity index (χ0n) is 10.4. The van der Waals surface area contributed by atoms with Gasteiger partial charge in [0.05, 0.1) is 7.11 Å². The van der Waals surface area contributed by atoms with Gasteiger partial charge in [0.25, 0.3) is 0 Å². The highest BCUT2D eigenvalue weighted by atomic mass is 16.5. The third-order valence-electron chi connectivity index (χ3n) is 2.50. The van der Waals surface area contributed by atoms with Gasteiger partial charge in [-0.2, -0.15) is 0 Å². The molecule has 0 aliphatic rings. The molecule has 3 heteroatoms. The van der Waals surface area contributed by atoms with Gasteiger partial charge in [-0.05, 0) is 19.4 Å². The van der Waals surface area contributed by atoms with E-state index in [1.165, 1.54) is 5.56 Å². The Hall–Kier alpha value is -1.51. The maximum absolute atomic E-state index is 11.2. The second-order valence-electron chi connectivity index (χ2n) is 3.90. The molecular formula is C13H19NO2. The van der Waals surface area contributed by atoms with E-state index in [1.54, 1.807) is 7.11 Å². The molecular weight excluding hydrogens is 202 g/mol. The molecule has 0 saturated carbocycles. The van der Waals surface area contributed by atoms with Gasteiger partial charge in [0.1, 0.15) is 5.75 Å². The highest BCUT2D eigenvalue weighted by molar-refractivity contribution is 5.75. The smallest absolute Gasteiger partial charge is 0.219 e. The fourth-order valence-electron chi connectivity index (χ4n) is 1.78. The van der Waals surface area contributed by atoms with Crippen LogP contribution in [0.4, 0.5) is 0 Å². The second-order valence-corrected chi connectivity index (χ2v) is 3.90. The van der Waals surface area contributed by atoms with E-state index in [4.69, 9.17) is 4.74 Å². The monoisotopic (exact) mass is 221 g/mol. The average Bonchev–Trinajstić information content (AvgIpc) is 2.25. The summed E-state index contributed by atoms with van der Waals surface area (Å²) in [5.41, 5.74) is 3.31. The average molecular weight is 221 g/mol. The Morgan fingerprint density at radius 1 is 1.38 bits per heavy atom. The van der Waals surface area contributed by atoms with Gasteiger partial charge in [-0.3, -0.25) is 4.79 Å². The Balaban J connectivity index is 2.89. The van der Waals surface area contributed by atoms with E-state index in [1.807, 2.05) is 26.8 Å². The van der Waals surface area contributed by atoms with Crippen molar-refractivity contribution in [2.75, 3.05) is 7.11 Å². The second kappa shape index (κ2) is 5.54. The first kappa shape index (κ1) is 12.6. The van der Waals surface area contributed by atoms with Crippen molar-refractivity contribution in [3.63, 3.8) is 0 Å².